The molecule has 1 aromatic carbocycles. The van der Waals surface area contributed by atoms with Gasteiger partial charge in [-0.3, -0.25) is 9.79 Å². The van der Waals surface area contributed by atoms with E-state index in [1.165, 1.54) is 5.56 Å². The van der Waals surface area contributed by atoms with Crippen molar-refractivity contribution in [3.63, 3.8) is 0 Å². The largest absolute Gasteiger partial charge is 0.369 e. The van der Waals surface area contributed by atoms with Gasteiger partial charge in [0, 0.05) is 12.6 Å². The Hall–Kier alpha value is -2.04. The minimum absolute atomic E-state index is 0.282. The average Bonchev–Trinajstić information content (AvgIpc) is 2.52. The molecule has 23 heavy (non-hydrogen) atoms. The fourth-order valence-electron chi connectivity index (χ4n) is 2.01. The van der Waals surface area contributed by atoms with Crippen LogP contribution in [0, 0.1) is 5.41 Å². The molecule has 0 radical (unpaired) electrons. The summed E-state index contributed by atoms with van der Waals surface area (Å²) in [4.78, 5) is 15.9. The zero-order valence-corrected chi connectivity index (χ0v) is 14.7. The summed E-state index contributed by atoms with van der Waals surface area (Å²) < 4.78 is 0. The van der Waals surface area contributed by atoms with Crippen molar-refractivity contribution in [2.24, 2.45) is 16.1 Å². The lowest BCUT2D eigenvalue weighted by atomic mass is 9.93. The van der Waals surface area contributed by atoms with Gasteiger partial charge in [-0.2, -0.15) is 0 Å². The molecule has 1 aromatic rings. The number of primary amides is 1. The summed E-state index contributed by atoms with van der Waals surface area (Å²) in [5.41, 5.74) is 6.08. The molecule has 1 atom stereocenters. The van der Waals surface area contributed by atoms with Gasteiger partial charge in [0.15, 0.2) is 5.96 Å². The molecule has 1 rings (SSSR count). The molecule has 1 unspecified atom stereocenters. The van der Waals surface area contributed by atoms with E-state index in [0.717, 1.165) is 25.3 Å². The molecule has 5 nitrogen and oxygen atoms in total. The topological polar surface area (TPSA) is 79.5 Å². The number of aryl methyl sites for hydroxylation is 1. The third kappa shape index (κ3) is 7.17. The molecule has 4 N–H and O–H groups in total. The van der Waals surface area contributed by atoms with Gasteiger partial charge in [0.25, 0.3) is 0 Å². The number of hydrogen-bond acceptors (Lipinski definition) is 2. The number of carbonyl (C=O) groups is 1. The van der Waals surface area contributed by atoms with Gasteiger partial charge in [-0.25, -0.2) is 0 Å². The minimum atomic E-state index is -0.643. The Morgan fingerprint density at radius 2 is 1.96 bits per heavy atom. The Morgan fingerprint density at radius 1 is 1.30 bits per heavy atom. The number of nitrogens with zero attached hydrogens (tertiary/aromatic N) is 1. The first-order valence-corrected chi connectivity index (χ1v) is 8.24. The maximum atomic E-state index is 11.4. The van der Waals surface area contributed by atoms with E-state index in [1.54, 1.807) is 13.8 Å². The van der Waals surface area contributed by atoms with Crippen molar-refractivity contribution >= 4 is 11.9 Å². The fourth-order valence-corrected chi connectivity index (χ4v) is 2.01. The highest BCUT2D eigenvalue weighted by Gasteiger charge is 2.24. The highest BCUT2D eigenvalue weighted by Crippen LogP contribution is 2.14. The van der Waals surface area contributed by atoms with Gasteiger partial charge in [0.05, 0.1) is 12.0 Å². The van der Waals surface area contributed by atoms with Crippen molar-refractivity contribution in [2.75, 3.05) is 13.1 Å². The van der Waals surface area contributed by atoms with Crippen LogP contribution in [0.2, 0.25) is 0 Å². The van der Waals surface area contributed by atoms with E-state index in [1.807, 2.05) is 13.0 Å². The third-order valence-electron chi connectivity index (χ3n) is 3.74. The molecule has 0 aromatic heterocycles. The molecule has 0 aliphatic heterocycles. The second-order valence-electron chi connectivity index (χ2n) is 6.51. The van der Waals surface area contributed by atoms with Crippen LogP contribution in [0.3, 0.4) is 0 Å². The van der Waals surface area contributed by atoms with E-state index < -0.39 is 5.41 Å². The van der Waals surface area contributed by atoms with Crippen molar-refractivity contribution in [3.8, 4) is 0 Å². The van der Waals surface area contributed by atoms with Gasteiger partial charge >= 0.3 is 0 Å². The van der Waals surface area contributed by atoms with Crippen LogP contribution in [0.25, 0.3) is 0 Å². The first kappa shape index (κ1) is 19.0. The predicted molar refractivity (Wildman–Crippen MR) is 96.3 cm³/mol. The Bertz CT molecular complexity index is 511. The fraction of sp³-hybridized carbons (Fsp3) is 0.556. The average molecular weight is 318 g/mol. The second kappa shape index (κ2) is 9.18. The number of benzene rings is 1. The quantitative estimate of drug-likeness (QED) is 0.507. The first-order valence-electron chi connectivity index (χ1n) is 8.24. The van der Waals surface area contributed by atoms with Crippen LogP contribution in [0.15, 0.2) is 35.3 Å². The van der Waals surface area contributed by atoms with E-state index in [-0.39, 0.29) is 11.9 Å². The standard InChI is InChI=1S/C18H30N4O/c1-5-20-17(21-13-18(3,4)16(19)23)22-14(2)11-12-15-9-7-6-8-10-15/h6-10,14H,5,11-13H2,1-4H3,(H2,19,23)(H2,20,21,22). The van der Waals surface area contributed by atoms with Gasteiger partial charge < -0.3 is 16.4 Å². The molecule has 0 aliphatic rings. The van der Waals surface area contributed by atoms with Gasteiger partial charge in [-0.05, 0) is 46.1 Å². The van der Waals surface area contributed by atoms with E-state index in [0.29, 0.717) is 6.54 Å². The molecular weight excluding hydrogens is 288 g/mol. The van der Waals surface area contributed by atoms with Crippen LogP contribution >= 0.6 is 0 Å². The molecule has 0 fully saturated rings. The normalized spacial score (nSPS) is 13.5. The molecule has 5 heteroatoms. The molecule has 0 heterocycles. The lowest BCUT2D eigenvalue weighted by molar-refractivity contribution is -0.125. The zero-order chi connectivity index (χ0) is 17.3. The van der Waals surface area contributed by atoms with E-state index in [9.17, 15) is 4.79 Å². The van der Waals surface area contributed by atoms with E-state index >= 15 is 0 Å². The number of carbonyl (C=O) groups excluding carboxylic acids is 1. The number of guanidine groups is 1. The minimum Gasteiger partial charge on any atom is -0.369 e. The lowest BCUT2D eigenvalue weighted by Gasteiger charge is -2.21. The summed E-state index contributed by atoms with van der Waals surface area (Å²) in [5, 5.41) is 6.60. The molecule has 128 valence electrons. The summed E-state index contributed by atoms with van der Waals surface area (Å²) in [5.74, 6) is 0.386. The lowest BCUT2D eigenvalue weighted by Crippen LogP contribution is -2.43. The maximum absolute atomic E-state index is 11.4. The summed E-state index contributed by atoms with van der Waals surface area (Å²) in [7, 11) is 0. The molecule has 0 saturated heterocycles. The number of nitrogens with one attached hydrogen (secondary N) is 2. The van der Waals surface area contributed by atoms with E-state index in [4.69, 9.17) is 5.73 Å². The molecule has 0 bridgehead atoms. The predicted octanol–water partition coefficient (Wildman–Crippen LogP) is 2.07. The molecular formula is C18H30N4O. The van der Waals surface area contributed by atoms with Crippen molar-refractivity contribution in [3.05, 3.63) is 35.9 Å². The van der Waals surface area contributed by atoms with Crippen LogP contribution in [0.5, 0.6) is 0 Å². The van der Waals surface area contributed by atoms with Crippen molar-refractivity contribution < 1.29 is 4.79 Å². The highest BCUT2D eigenvalue weighted by molar-refractivity contribution is 5.82. The maximum Gasteiger partial charge on any atom is 0.224 e. The van der Waals surface area contributed by atoms with Gasteiger partial charge in [-0.1, -0.05) is 30.3 Å². The molecule has 1 amide bonds. The summed E-state index contributed by atoms with van der Waals surface area (Å²) in [6, 6.07) is 10.7. The SMILES string of the molecule is CCNC(=NCC(C)(C)C(N)=O)NC(C)CCc1ccccc1. The number of aliphatic imine (C=N–C) groups is 1. The molecule has 0 saturated carbocycles. The van der Waals surface area contributed by atoms with Crippen LogP contribution in [-0.4, -0.2) is 31.0 Å². The summed E-state index contributed by atoms with van der Waals surface area (Å²) >= 11 is 0. The van der Waals surface area contributed by atoms with Gasteiger partial charge in [0.2, 0.25) is 5.91 Å². The smallest absolute Gasteiger partial charge is 0.224 e. The zero-order valence-electron chi connectivity index (χ0n) is 14.7. The van der Waals surface area contributed by atoms with Crippen molar-refractivity contribution in [1.29, 1.82) is 0 Å². The number of nitrogens with two attached hydrogens (primary N) is 1. The summed E-state index contributed by atoms with van der Waals surface area (Å²) in [6.07, 6.45) is 2.02. The molecule has 0 spiro atoms. The number of amides is 1. The summed E-state index contributed by atoms with van der Waals surface area (Å²) in [6.45, 7) is 8.90. The third-order valence-corrected chi connectivity index (χ3v) is 3.74. The highest BCUT2D eigenvalue weighted by atomic mass is 16.1. The Kier molecular flexibility index (Phi) is 7.59. The van der Waals surface area contributed by atoms with Gasteiger partial charge in [0.1, 0.15) is 0 Å². The van der Waals surface area contributed by atoms with Crippen LogP contribution in [0.4, 0.5) is 0 Å². The Morgan fingerprint density at radius 3 is 2.52 bits per heavy atom. The Labute approximate surface area is 139 Å². The Balaban J connectivity index is 2.55. The van der Waals surface area contributed by atoms with E-state index in [2.05, 4.69) is 46.8 Å². The monoisotopic (exact) mass is 318 g/mol. The molecule has 0 aliphatic carbocycles. The van der Waals surface area contributed by atoms with Crippen molar-refractivity contribution in [2.45, 2.75) is 46.6 Å². The van der Waals surface area contributed by atoms with Gasteiger partial charge in [-0.15, -0.1) is 0 Å². The first-order chi connectivity index (χ1) is 10.8. The van der Waals surface area contributed by atoms with Crippen LogP contribution in [-0.2, 0) is 11.2 Å². The van der Waals surface area contributed by atoms with Crippen LogP contribution in [0.1, 0.15) is 39.7 Å². The van der Waals surface area contributed by atoms with Crippen LogP contribution < -0.4 is 16.4 Å². The second-order valence-corrected chi connectivity index (χ2v) is 6.51. The van der Waals surface area contributed by atoms with Crippen molar-refractivity contribution in [1.82, 2.24) is 10.6 Å². The number of rotatable bonds is 8. The number of hydrogen-bond donors (Lipinski definition) is 3.